The van der Waals surface area contributed by atoms with Gasteiger partial charge in [-0.2, -0.15) is 0 Å². The zero-order valence-corrected chi connectivity index (χ0v) is 20.3. The first-order chi connectivity index (χ1) is 16.8. The van der Waals surface area contributed by atoms with E-state index in [1.807, 2.05) is 36.4 Å². The van der Waals surface area contributed by atoms with Crippen molar-refractivity contribution in [1.29, 1.82) is 0 Å². The lowest BCUT2D eigenvalue weighted by molar-refractivity contribution is 0.0656. The first-order valence-electron chi connectivity index (χ1n) is 11.4. The van der Waals surface area contributed by atoms with Gasteiger partial charge in [0, 0.05) is 17.8 Å². The van der Waals surface area contributed by atoms with E-state index in [4.69, 9.17) is 9.47 Å². The highest BCUT2D eigenvalue weighted by Crippen LogP contribution is 2.29. The molecule has 0 atom stereocenters. The van der Waals surface area contributed by atoms with Crippen molar-refractivity contribution in [2.45, 2.75) is 26.2 Å². The quantitative estimate of drug-likeness (QED) is 0.471. The third kappa shape index (κ3) is 4.89. The van der Waals surface area contributed by atoms with Crippen LogP contribution in [0.25, 0.3) is 0 Å². The van der Waals surface area contributed by atoms with E-state index in [1.165, 1.54) is 16.5 Å². The summed E-state index contributed by atoms with van der Waals surface area (Å²) in [5.41, 5.74) is 3.62. The number of amides is 3. The Morgan fingerprint density at radius 2 is 1.54 bits per heavy atom. The number of fused-ring (bicyclic) bond motifs is 1. The third-order valence-corrected chi connectivity index (χ3v) is 6.14. The monoisotopic (exact) mass is 472 g/mol. The maximum atomic E-state index is 13.0. The van der Waals surface area contributed by atoms with E-state index < -0.39 is 5.91 Å². The summed E-state index contributed by atoms with van der Waals surface area (Å²) in [6, 6.07) is 17.7. The molecule has 35 heavy (non-hydrogen) atoms. The predicted octanol–water partition coefficient (Wildman–Crippen LogP) is 4.92. The molecule has 1 heterocycles. The van der Waals surface area contributed by atoms with Crippen molar-refractivity contribution in [1.82, 2.24) is 4.90 Å². The van der Waals surface area contributed by atoms with Gasteiger partial charge in [-0.25, -0.2) is 0 Å². The number of hydrogen-bond acceptors (Lipinski definition) is 5. The highest BCUT2D eigenvalue weighted by atomic mass is 16.5. The minimum atomic E-state index is -0.401. The van der Waals surface area contributed by atoms with Crippen LogP contribution in [0.5, 0.6) is 11.5 Å². The average Bonchev–Trinajstić information content (AvgIpc) is 3.11. The molecule has 0 saturated heterocycles. The summed E-state index contributed by atoms with van der Waals surface area (Å²) < 4.78 is 10.6. The molecule has 4 rings (SSSR count). The highest BCUT2D eigenvalue weighted by molar-refractivity contribution is 6.22. The molecular formula is C28H28N2O5. The van der Waals surface area contributed by atoms with Crippen molar-refractivity contribution < 1.29 is 23.9 Å². The molecule has 1 N–H and O–H groups in total. The molecule has 3 aromatic rings. The van der Waals surface area contributed by atoms with Crippen molar-refractivity contribution in [2.24, 2.45) is 0 Å². The van der Waals surface area contributed by atoms with Gasteiger partial charge in [0.2, 0.25) is 0 Å². The van der Waals surface area contributed by atoms with Gasteiger partial charge in [-0.15, -0.1) is 0 Å². The summed E-state index contributed by atoms with van der Waals surface area (Å²) in [5, 5.41) is 2.85. The SMILES string of the molecule is COc1ccc(CCN2C(=O)c3ccc(C(=O)Nc4ccc(C(C)C)cc4)cc3C2=O)cc1OC. The van der Waals surface area contributed by atoms with Gasteiger partial charge >= 0.3 is 0 Å². The van der Waals surface area contributed by atoms with Crippen LogP contribution >= 0.6 is 0 Å². The molecule has 0 aliphatic carbocycles. The van der Waals surface area contributed by atoms with E-state index in [0.717, 1.165) is 5.56 Å². The largest absolute Gasteiger partial charge is 0.493 e. The Labute approximate surface area is 204 Å². The number of rotatable bonds is 8. The number of methoxy groups -OCH3 is 2. The van der Waals surface area contributed by atoms with Crippen LogP contribution in [-0.4, -0.2) is 43.4 Å². The smallest absolute Gasteiger partial charge is 0.261 e. The second kappa shape index (κ2) is 10.0. The molecule has 7 nitrogen and oxygen atoms in total. The maximum absolute atomic E-state index is 13.0. The molecule has 180 valence electrons. The molecular weight excluding hydrogens is 444 g/mol. The number of ether oxygens (including phenoxy) is 2. The molecule has 0 saturated carbocycles. The van der Waals surface area contributed by atoms with Crippen LogP contribution in [0.2, 0.25) is 0 Å². The van der Waals surface area contributed by atoms with Gasteiger partial charge in [0.1, 0.15) is 0 Å². The standard InChI is InChI=1S/C28H28N2O5/c1-17(2)19-6-9-21(10-7-19)29-26(31)20-8-11-22-23(16-20)28(33)30(27(22)32)14-13-18-5-12-24(34-3)25(15-18)35-4/h5-12,15-17H,13-14H2,1-4H3,(H,29,31). The summed E-state index contributed by atoms with van der Waals surface area (Å²) in [6.07, 6.45) is 0.464. The van der Waals surface area contributed by atoms with Crippen LogP contribution in [0.15, 0.2) is 60.7 Å². The van der Waals surface area contributed by atoms with Gasteiger partial charge in [0.25, 0.3) is 17.7 Å². The van der Waals surface area contributed by atoms with E-state index in [1.54, 1.807) is 32.4 Å². The Hall–Kier alpha value is -4.13. The highest BCUT2D eigenvalue weighted by Gasteiger charge is 2.35. The number of imide groups is 1. The number of carbonyl (C=O) groups is 3. The second-order valence-electron chi connectivity index (χ2n) is 8.69. The summed E-state index contributed by atoms with van der Waals surface area (Å²) in [6.45, 7) is 4.42. The maximum Gasteiger partial charge on any atom is 0.261 e. The van der Waals surface area contributed by atoms with Gasteiger partial charge < -0.3 is 14.8 Å². The molecule has 3 aromatic carbocycles. The molecule has 0 bridgehead atoms. The number of hydrogen-bond donors (Lipinski definition) is 1. The molecule has 7 heteroatoms. The fraction of sp³-hybridized carbons (Fsp3) is 0.250. The molecule has 0 aromatic heterocycles. The molecule has 0 radical (unpaired) electrons. The van der Waals surface area contributed by atoms with Crippen LogP contribution in [0.4, 0.5) is 5.69 Å². The van der Waals surface area contributed by atoms with Gasteiger partial charge in [0.05, 0.1) is 25.3 Å². The predicted molar refractivity (Wildman–Crippen MR) is 134 cm³/mol. The van der Waals surface area contributed by atoms with E-state index in [-0.39, 0.29) is 23.9 Å². The molecule has 0 spiro atoms. The van der Waals surface area contributed by atoms with Crippen molar-refractivity contribution in [3.63, 3.8) is 0 Å². The fourth-order valence-corrected chi connectivity index (χ4v) is 4.07. The number of anilines is 1. The van der Waals surface area contributed by atoms with Crippen molar-refractivity contribution in [3.8, 4) is 11.5 Å². The minimum absolute atomic E-state index is 0.214. The van der Waals surface area contributed by atoms with Crippen LogP contribution in [0.3, 0.4) is 0 Å². The molecule has 0 fully saturated rings. The van der Waals surface area contributed by atoms with E-state index in [9.17, 15) is 14.4 Å². The summed E-state index contributed by atoms with van der Waals surface area (Å²) in [7, 11) is 3.12. The van der Waals surface area contributed by atoms with E-state index in [0.29, 0.717) is 40.7 Å². The van der Waals surface area contributed by atoms with Gasteiger partial charge in [0.15, 0.2) is 11.5 Å². The first-order valence-corrected chi connectivity index (χ1v) is 11.4. The molecule has 1 aliphatic heterocycles. The average molecular weight is 473 g/mol. The fourth-order valence-electron chi connectivity index (χ4n) is 4.07. The number of nitrogens with one attached hydrogen (secondary N) is 1. The first kappa shape index (κ1) is 24.0. The Bertz CT molecular complexity index is 1280. The molecule has 0 unspecified atom stereocenters. The van der Waals surface area contributed by atoms with Crippen molar-refractivity contribution in [2.75, 3.05) is 26.1 Å². The van der Waals surface area contributed by atoms with E-state index >= 15 is 0 Å². The second-order valence-corrected chi connectivity index (χ2v) is 8.69. The Morgan fingerprint density at radius 3 is 2.20 bits per heavy atom. The van der Waals surface area contributed by atoms with Crippen LogP contribution in [0, 0.1) is 0 Å². The lowest BCUT2D eigenvalue weighted by Gasteiger charge is -2.14. The normalized spacial score (nSPS) is 12.7. The lowest BCUT2D eigenvalue weighted by atomic mass is 10.0. The van der Waals surface area contributed by atoms with Crippen LogP contribution in [-0.2, 0) is 6.42 Å². The topological polar surface area (TPSA) is 84.9 Å². The summed E-state index contributed by atoms with van der Waals surface area (Å²) in [5.74, 6) is 0.493. The Balaban J connectivity index is 1.46. The van der Waals surface area contributed by atoms with Crippen molar-refractivity contribution >= 4 is 23.4 Å². The van der Waals surface area contributed by atoms with Crippen LogP contribution in [0.1, 0.15) is 62.0 Å². The summed E-state index contributed by atoms with van der Waals surface area (Å²) in [4.78, 5) is 39.9. The van der Waals surface area contributed by atoms with Gasteiger partial charge in [-0.05, 0) is 65.9 Å². The third-order valence-electron chi connectivity index (χ3n) is 6.14. The van der Waals surface area contributed by atoms with Crippen molar-refractivity contribution in [3.05, 3.63) is 88.5 Å². The zero-order chi connectivity index (χ0) is 25.1. The minimum Gasteiger partial charge on any atom is -0.493 e. The van der Waals surface area contributed by atoms with E-state index in [2.05, 4.69) is 19.2 Å². The number of nitrogens with zero attached hydrogens (tertiary/aromatic N) is 1. The lowest BCUT2D eigenvalue weighted by Crippen LogP contribution is -2.31. The molecule has 1 aliphatic rings. The summed E-state index contributed by atoms with van der Waals surface area (Å²) >= 11 is 0. The molecule has 3 amide bonds. The Kier molecular flexibility index (Phi) is 6.87. The Morgan fingerprint density at radius 1 is 0.857 bits per heavy atom. The van der Waals surface area contributed by atoms with Gasteiger partial charge in [-0.1, -0.05) is 32.0 Å². The zero-order valence-electron chi connectivity index (χ0n) is 20.3. The van der Waals surface area contributed by atoms with Gasteiger partial charge in [-0.3, -0.25) is 19.3 Å². The number of carbonyl (C=O) groups excluding carboxylic acids is 3. The number of benzene rings is 3. The van der Waals surface area contributed by atoms with Crippen LogP contribution < -0.4 is 14.8 Å².